The highest BCUT2D eigenvalue weighted by Crippen LogP contribution is 2.13. The van der Waals surface area contributed by atoms with Crippen LogP contribution in [0.15, 0.2) is 46.7 Å². The number of nitrogens with zero attached hydrogens (tertiary/aromatic N) is 2. The van der Waals surface area contributed by atoms with Crippen LogP contribution in [0.4, 0.5) is 0 Å². The maximum absolute atomic E-state index is 12.8. The van der Waals surface area contributed by atoms with E-state index in [9.17, 15) is 14.4 Å². The quantitative estimate of drug-likeness (QED) is 0.197. The molecule has 0 radical (unpaired) electrons. The Morgan fingerprint density at radius 3 is 2.74 bits per heavy atom. The van der Waals surface area contributed by atoms with Crippen LogP contribution in [0.5, 0.6) is 0 Å². The van der Waals surface area contributed by atoms with Gasteiger partial charge in [-0.3, -0.25) is 14.4 Å². The van der Waals surface area contributed by atoms with Crippen LogP contribution < -0.4 is 16.0 Å². The molecule has 0 aliphatic carbocycles. The standard InChI is InChI=1S/C24H33N5O4S/c1-17-6-5-7-18(12-17)13-21(25-2)22(31)26-14-20(15-33-16-30)27-23(32)24(34-4)28-19-8-10-29(3)11-9-19/h5-8,12-13,16,20,25H,9-11,14-15H2,1-4H3,(H,26,31)(H,27,32)/b21-13-,28-24?/t20-/m0/s1. The summed E-state index contributed by atoms with van der Waals surface area (Å²) in [7, 11) is 3.69. The van der Waals surface area contributed by atoms with Crippen molar-refractivity contribution < 1.29 is 19.1 Å². The van der Waals surface area contributed by atoms with E-state index in [1.165, 1.54) is 11.8 Å². The van der Waals surface area contributed by atoms with Crippen LogP contribution in [0.3, 0.4) is 0 Å². The summed E-state index contributed by atoms with van der Waals surface area (Å²) in [5.41, 5.74) is 3.21. The summed E-state index contributed by atoms with van der Waals surface area (Å²) in [5.74, 6) is -0.727. The second-order valence-corrected chi connectivity index (χ2v) is 8.66. The summed E-state index contributed by atoms with van der Waals surface area (Å²) in [6, 6.07) is 7.14. The number of rotatable bonds is 10. The first-order valence-electron chi connectivity index (χ1n) is 11.0. The van der Waals surface area contributed by atoms with Crippen LogP contribution in [0, 0.1) is 6.92 Å². The first-order chi connectivity index (χ1) is 16.4. The summed E-state index contributed by atoms with van der Waals surface area (Å²) in [4.78, 5) is 42.9. The fourth-order valence-corrected chi connectivity index (χ4v) is 3.68. The lowest BCUT2D eigenvalue weighted by Crippen LogP contribution is -2.48. The highest BCUT2D eigenvalue weighted by molar-refractivity contribution is 8.15. The maximum atomic E-state index is 12.8. The lowest BCUT2D eigenvalue weighted by Gasteiger charge is -2.21. The monoisotopic (exact) mass is 487 g/mol. The van der Waals surface area contributed by atoms with Gasteiger partial charge in [-0.25, -0.2) is 4.99 Å². The molecule has 2 amide bonds. The number of ether oxygens (including phenoxy) is 1. The second kappa shape index (κ2) is 14.2. The minimum atomic E-state index is -0.623. The van der Waals surface area contributed by atoms with E-state index in [1.54, 1.807) is 19.4 Å². The molecule has 0 saturated heterocycles. The van der Waals surface area contributed by atoms with Crippen molar-refractivity contribution in [3.05, 3.63) is 52.9 Å². The highest BCUT2D eigenvalue weighted by atomic mass is 32.2. The van der Waals surface area contributed by atoms with Gasteiger partial charge in [0.2, 0.25) is 0 Å². The predicted molar refractivity (Wildman–Crippen MR) is 136 cm³/mol. The average molecular weight is 488 g/mol. The van der Waals surface area contributed by atoms with Gasteiger partial charge in [-0.15, -0.1) is 11.8 Å². The highest BCUT2D eigenvalue weighted by Gasteiger charge is 2.20. The Kier molecular flexibility index (Phi) is 11.3. The van der Waals surface area contributed by atoms with E-state index in [-0.39, 0.29) is 25.0 Å². The number of likely N-dealkylation sites (N-methyl/N-ethyl adjacent to an activating group) is 2. The lowest BCUT2D eigenvalue weighted by molar-refractivity contribution is -0.130. The first kappa shape index (κ1) is 27.1. The number of hydrogen-bond acceptors (Lipinski definition) is 8. The first-order valence-corrected chi connectivity index (χ1v) is 12.2. The second-order valence-electron chi connectivity index (χ2n) is 7.86. The molecular weight excluding hydrogens is 454 g/mol. The van der Waals surface area contributed by atoms with Gasteiger partial charge in [0.15, 0.2) is 5.04 Å². The molecule has 1 atom stereocenters. The Hall–Kier alpha value is -3.11. The maximum Gasteiger partial charge on any atom is 0.293 e. The fraction of sp³-hybridized carbons (Fsp3) is 0.417. The zero-order chi connectivity index (χ0) is 24.9. The zero-order valence-corrected chi connectivity index (χ0v) is 20.9. The Bertz CT molecular complexity index is 960. The van der Waals surface area contributed by atoms with E-state index in [4.69, 9.17) is 4.74 Å². The molecule has 0 saturated carbocycles. The molecule has 0 fully saturated rings. The molecule has 10 heteroatoms. The SMILES string of the molecule is CN/C(=C\c1cccc(C)c1)C(=O)NC[C@@H](COC=O)NC(=O)C(=NC1=CCN(C)CC1)SC. The molecule has 1 aliphatic heterocycles. The average Bonchev–Trinajstić information content (AvgIpc) is 2.83. The molecule has 1 heterocycles. The summed E-state index contributed by atoms with van der Waals surface area (Å²) >= 11 is 1.24. The topological polar surface area (TPSA) is 112 Å². The van der Waals surface area contributed by atoms with E-state index in [0.717, 1.165) is 36.3 Å². The Labute approximate surface area is 205 Å². The fourth-order valence-electron chi connectivity index (χ4n) is 3.22. The van der Waals surface area contributed by atoms with Crippen molar-refractivity contribution in [2.75, 3.05) is 46.6 Å². The summed E-state index contributed by atoms with van der Waals surface area (Å²) < 4.78 is 4.86. The molecule has 3 N–H and O–H groups in total. The van der Waals surface area contributed by atoms with Gasteiger partial charge in [0.05, 0.1) is 6.04 Å². The molecule has 34 heavy (non-hydrogen) atoms. The number of benzene rings is 1. The molecule has 0 unspecified atom stereocenters. The van der Waals surface area contributed by atoms with Gasteiger partial charge in [-0.1, -0.05) is 29.8 Å². The molecule has 1 aromatic carbocycles. The van der Waals surface area contributed by atoms with Crippen LogP contribution in [0.25, 0.3) is 6.08 Å². The van der Waals surface area contributed by atoms with Gasteiger partial charge in [-0.05, 0) is 37.9 Å². The number of thioether (sulfide) groups is 1. The van der Waals surface area contributed by atoms with Crippen LogP contribution in [-0.4, -0.2) is 80.9 Å². The number of carbonyl (C=O) groups is 3. The van der Waals surface area contributed by atoms with E-state index in [1.807, 2.05) is 44.3 Å². The van der Waals surface area contributed by atoms with E-state index >= 15 is 0 Å². The number of nitrogens with one attached hydrogen (secondary N) is 3. The van der Waals surface area contributed by atoms with Crippen molar-refractivity contribution >= 4 is 41.2 Å². The van der Waals surface area contributed by atoms with Crippen LogP contribution >= 0.6 is 11.8 Å². The smallest absolute Gasteiger partial charge is 0.293 e. The van der Waals surface area contributed by atoms with Gasteiger partial charge in [0, 0.05) is 38.8 Å². The molecule has 0 aromatic heterocycles. The number of amides is 2. The normalized spacial score (nSPS) is 15.7. The number of carbonyl (C=O) groups excluding carboxylic acids is 3. The molecule has 0 spiro atoms. The Morgan fingerprint density at radius 2 is 2.12 bits per heavy atom. The van der Waals surface area contributed by atoms with Crippen molar-refractivity contribution in [2.24, 2.45) is 4.99 Å². The molecular formula is C24H33N5O4S. The molecule has 0 bridgehead atoms. The van der Waals surface area contributed by atoms with Crippen molar-refractivity contribution in [2.45, 2.75) is 19.4 Å². The minimum Gasteiger partial charge on any atom is -0.466 e. The summed E-state index contributed by atoms with van der Waals surface area (Å²) in [6.45, 7) is 3.94. The van der Waals surface area contributed by atoms with Gasteiger partial charge in [0.1, 0.15) is 12.3 Å². The van der Waals surface area contributed by atoms with E-state index in [2.05, 4.69) is 25.8 Å². The van der Waals surface area contributed by atoms with Crippen molar-refractivity contribution in [3.63, 3.8) is 0 Å². The summed E-state index contributed by atoms with van der Waals surface area (Å²) in [5, 5.41) is 8.80. The number of aliphatic imine (C=N–C) groups is 1. The lowest BCUT2D eigenvalue weighted by atomic mass is 10.1. The van der Waals surface area contributed by atoms with E-state index in [0.29, 0.717) is 17.2 Å². The van der Waals surface area contributed by atoms with Gasteiger partial charge in [-0.2, -0.15) is 0 Å². The van der Waals surface area contributed by atoms with Crippen molar-refractivity contribution in [1.29, 1.82) is 0 Å². The summed E-state index contributed by atoms with van der Waals surface area (Å²) in [6.07, 6.45) is 6.29. The third kappa shape index (κ3) is 9.03. The van der Waals surface area contributed by atoms with Crippen molar-refractivity contribution in [1.82, 2.24) is 20.9 Å². The molecule has 184 valence electrons. The van der Waals surface area contributed by atoms with E-state index < -0.39 is 6.04 Å². The Morgan fingerprint density at radius 1 is 1.32 bits per heavy atom. The molecule has 1 aromatic rings. The number of aryl methyl sites for hydroxylation is 1. The molecule has 9 nitrogen and oxygen atoms in total. The van der Waals surface area contributed by atoms with Crippen LogP contribution in [0.1, 0.15) is 17.5 Å². The Balaban J connectivity index is 2.04. The third-order valence-corrected chi connectivity index (χ3v) is 5.76. The van der Waals surface area contributed by atoms with Crippen molar-refractivity contribution in [3.8, 4) is 0 Å². The van der Waals surface area contributed by atoms with Gasteiger partial charge < -0.3 is 25.6 Å². The van der Waals surface area contributed by atoms with Crippen LogP contribution in [-0.2, 0) is 19.1 Å². The van der Waals surface area contributed by atoms with Gasteiger partial charge >= 0.3 is 0 Å². The molecule has 2 rings (SSSR count). The zero-order valence-electron chi connectivity index (χ0n) is 20.1. The van der Waals surface area contributed by atoms with Crippen LogP contribution in [0.2, 0.25) is 0 Å². The molecule has 1 aliphatic rings. The third-order valence-electron chi connectivity index (χ3n) is 5.10. The minimum absolute atomic E-state index is 0.0698. The van der Waals surface area contributed by atoms with Gasteiger partial charge in [0.25, 0.3) is 18.3 Å². The number of hydrogen-bond donors (Lipinski definition) is 3. The largest absolute Gasteiger partial charge is 0.466 e. The predicted octanol–water partition coefficient (Wildman–Crippen LogP) is 1.31.